The SMILES string of the molecule is O=C(NS)N1CCCC1. The molecule has 0 atom stereocenters. The molecular formula is C5H10N2OS. The van der Waals surface area contributed by atoms with E-state index in [0.717, 1.165) is 25.9 Å². The fourth-order valence-corrected chi connectivity index (χ4v) is 1.13. The van der Waals surface area contributed by atoms with E-state index in [2.05, 4.69) is 17.5 Å². The highest BCUT2D eigenvalue weighted by Gasteiger charge is 2.15. The van der Waals surface area contributed by atoms with Crippen LogP contribution in [0.1, 0.15) is 12.8 Å². The number of carbonyl (C=O) groups is 1. The average molecular weight is 146 g/mol. The highest BCUT2D eigenvalue weighted by atomic mass is 32.1. The fraction of sp³-hybridized carbons (Fsp3) is 0.800. The first-order valence-corrected chi connectivity index (χ1v) is 3.48. The van der Waals surface area contributed by atoms with Crippen LogP contribution in [0.2, 0.25) is 0 Å². The maximum atomic E-state index is 10.8. The lowest BCUT2D eigenvalue weighted by atomic mass is 10.4. The number of urea groups is 1. The Morgan fingerprint density at radius 1 is 1.44 bits per heavy atom. The van der Waals surface area contributed by atoms with Gasteiger partial charge in [-0.05, 0) is 12.8 Å². The molecule has 0 spiro atoms. The summed E-state index contributed by atoms with van der Waals surface area (Å²) in [6.45, 7) is 1.76. The molecule has 1 rings (SSSR count). The van der Waals surface area contributed by atoms with E-state index in [1.54, 1.807) is 4.90 Å². The van der Waals surface area contributed by atoms with Gasteiger partial charge in [-0.1, -0.05) is 12.8 Å². The van der Waals surface area contributed by atoms with Gasteiger partial charge in [-0.3, -0.25) is 4.72 Å². The van der Waals surface area contributed by atoms with Gasteiger partial charge in [0.2, 0.25) is 0 Å². The first kappa shape index (κ1) is 6.74. The molecule has 4 heteroatoms. The smallest absolute Gasteiger partial charge is 0.324 e. The molecule has 1 aliphatic rings. The standard InChI is InChI=1S/C5H10N2OS/c8-5(6-9)7-3-1-2-4-7/h9H,1-4H2,(H,6,8). The third-order valence-corrected chi connectivity index (χ3v) is 1.68. The van der Waals surface area contributed by atoms with Gasteiger partial charge in [0.05, 0.1) is 0 Å². The Balaban J connectivity index is 2.32. The molecule has 0 unspecified atom stereocenters. The lowest BCUT2D eigenvalue weighted by molar-refractivity contribution is 0.215. The molecule has 0 saturated carbocycles. The van der Waals surface area contributed by atoms with Gasteiger partial charge in [0.15, 0.2) is 0 Å². The third kappa shape index (κ3) is 1.51. The number of hydrogen-bond donors (Lipinski definition) is 2. The zero-order valence-electron chi connectivity index (χ0n) is 5.13. The van der Waals surface area contributed by atoms with Gasteiger partial charge in [0.25, 0.3) is 0 Å². The molecule has 52 valence electrons. The third-order valence-electron chi connectivity index (χ3n) is 1.49. The van der Waals surface area contributed by atoms with E-state index in [9.17, 15) is 4.79 Å². The van der Waals surface area contributed by atoms with Crippen LogP contribution in [0.4, 0.5) is 4.79 Å². The van der Waals surface area contributed by atoms with E-state index in [1.165, 1.54) is 0 Å². The summed E-state index contributed by atoms with van der Waals surface area (Å²) in [4.78, 5) is 12.5. The Labute approximate surface area is 60.0 Å². The largest absolute Gasteiger partial charge is 0.327 e. The van der Waals surface area contributed by atoms with Crippen molar-refractivity contribution in [2.45, 2.75) is 12.8 Å². The molecule has 1 fully saturated rings. The van der Waals surface area contributed by atoms with Crippen LogP contribution in [0.25, 0.3) is 0 Å². The number of nitrogens with zero attached hydrogens (tertiary/aromatic N) is 1. The maximum absolute atomic E-state index is 10.8. The van der Waals surface area contributed by atoms with Gasteiger partial charge in [0, 0.05) is 13.1 Å². The maximum Gasteiger partial charge on any atom is 0.327 e. The summed E-state index contributed by atoms with van der Waals surface area (Å²) in [7, 11) is 0. The van der Waals surface area contributed by atoms with Crippen molar-refractivity contribution in [2.24, 2.45) is 0 Å². The van der Waals surface area contributed by atoms with E-state index in [-0.39, 0.29) is 6.03 Å². The molecular weight excluding hydrogens is 136 g/mol. The number of rotatable bonds is 0. The van der Waals surface area contributed by atoms with Crippen LogP contribution < -0.4 is 4.72 Å². The van der Waals surface area contributed by atoms with E-state index >= 15 is 0 Å². The summed E-state index contributed by atoms with van der Waals surface area (Å²) < 4.78 is 2.29. The lowest BCUT2D eigenvalue weighted by Gasteiger charge is -2.12. The summed E-state index contributed by atoms with van der Waals surface area (Å²) in [5, 5.41) is 0. The molecule has 0 aromatic heterocycles. The van der Waals surface area contributed by atoms with Gasteiger partial charge in [-0.25, -0.2) is 4.79 Å². The van der Waals surface area contributed by atoms with Crippen LogP contribution in [0.3, 0.4) is 0 Å². The molecule has 0 aliphatic carbocycles. The predicted molar refractivity (Wildman–Crippen MR) is 38.3 cm³/mol. The van der Waals surface area contributed by atoms with Crippen LogP contribution in [0.5, 0.6) is 0 Å². The Morgan fingerprint density at radius 3 is 2.44 bits per heavy atom. The number of amides is 2. The Bertz CT molecular complexity index is 112. The highest BCUT2D eigenvalue weighted by Crippen LogP contribution is 2.06. The molecule has 0 radical (unpaired) electrons. The van der Waals surface area contributed by atoms with Crippen LogP contribution >= 0.6 is 12.8 Å². The minimum absolute atomic E-state index is 0.0733. The van der Waals surface area contributed by atoms with E-state index in [0.29, 0.717) is 0 Å². The zero-order valence-corrected chi connectivity index (χ0v) is 6.03. The lowest BCUT2D eigenvalue weighted by Crippen LogP contribution is -2.33. The summed E-state index contributed by atoms with van der Waals surface area (Å²) >= 11 is 3.65. The molecule has 1 N–H and O–H groups in total. The molecule has 1 heterocycles. The van der Waals surface area contributed by atoms with Crippen molar-refractivity contribution in [3.05, 3.63) is 0 Å². The number of hydrogen-bond acceptors (Lipinski definition) is 2. The minimum Gasteiger partial charge on any atom is -0.324 e. The summed E-state index contributed by atoms with van der Waals surface area (Å²) in [5.74, 6) is 0. The van der Waals surface area contributed by atoms with Crippen LogP contribution in [-0.4, -0.2) is 24.0 Å². The Kier molecular flexibility index (Phi) is 2.22. The summed E-state index contributed by atoms with van der Waals surface area (Å²) in [6, 6.07) is -0.0733. The second kappa shape index (κ2) is 2.96. The normalized spacial score (nSPS) is 18.1. The molecule has 1 aliphatic heterocycles. The highest BCUT2D eigenvalue weighted by molar-refractivity contribution is 7.78. The summed E-state index contributed by atoms with van der Waals surface area (Å²) in [6.07, 6.45) is 2.25. The van der Waals surface area contributed by atoms with Gasteiger partial charge >= 0.3 is 6.03 Å². The predicted octanol–water partition coefficient (Wildman–Crippen LogP) is 0.637. The van der Waals surface area contributed by atoms with Gasteiger partial charge in [-0.15, -0.1) is 0 Å². The topological polar surface area (TPSA) is 32.3 Å². The molecule has 0 bridgehead atoms. The molecule has 9 heavy (non-hydrogen) atoms. The van der Waals surface area contributed by atoms with Crippen molar-refractivity contribution in [1.29, 1.82) is 0 Å². The molecule has 0 aromatic rings. The quantitative estimate of drug-likeness (QED) is 0.483. The average Bonchev–Trinajstić information content (AvgIpc) is 2.37. The van der Waals surface area contributed by atoms with Gasteiger partial charge in [-0.2, -0.15) is 0 Å². The first-order chi connectivity index (χ1) is 4.34. The van der Waals surface area contributed by atoms with Crippen molar-refractivity contribution in [3.63, 3.8) is 0 Å². The molecule has 1 saturated heterocycles. The molecule has 2 amide bonds. The Hall–Kier alpha value is -0.380. The van der Waals surface area contributed by atoms with Gasteiger partial charge in [0.1, 0.15) is 0 Å². The van der Waals surface area contributed by atoms with Crippen molar-refractivity contribution in [2.75, 3.05) is 13.1 Å². The van der Waals surface area contributed by atoms with Crippen LogP contribution in [0, 0.1) is 0 Å². The second-order valence-electron chi connectivity index (χ2n) is 2.11. The van der Waals surface area contributed by atoms with Crippen molar-refractivity contribution in [3.8, 4) is 0 Å². The van der Waals surface area contributed by atoms with E-state index in [1.807, 2.05) is 0 Å². The van der Waals surface area contributed by atoms with Crippen molar-refractivity contribution < 1.29 is 4.79 Å². The number of likely N-dealkylation sites (tertiary alicyclic amines) is 1. The monoisotopic (exact) mass is 146 g/mol. The van der Waals surface area contributed by atoms with Crippen molar-refractivity contribution in [1.82, 2.24) is 9.62 Å². The zero-order chi connectivity index (χ0) is 6.69. The first-order valence-electron chi connectivity index (χ1n) is 3.03. The fourth-order valence-electron chi connectivity index (χ4n) is 0.991. The molecule has 0 aromatic carbocycles. The number of thiol groups is 1. The summed E-state index contributed by atoms with van der Waals surface area (Å²) in [5.41, 5.74) is 0. The number of nitrogens with one attached hydrogen (secondary N) is 1. The van der Waals surface area contributed by atoms with Gasteiger partial charge < -0.3 is 4.90 Å². The van der Waals surface area contributed by atoms with Crippen LogP contribution in [-0.2, 0) is 0 Å². The van der Waals surface area contributed by atoms with E-state index < -0.39 is 0 Å². The molecule has 3 nitrogen and oxygen atoms in total. The second-order valence-corrected chi connectivity index (χ2v) is 2.33. The van der Waals surface area contributed by atoms with E-state index in [4.69, 9.17) is 0 Å². The Morgan fingerprint density at radius 2 is 2.00 bits per heavy atom. The van der Waals surface area contributed by atoms with Crippen LogP contribution in [0.15, 0.2) is 0 Å². The minimum atomic E-state index is -0.0733. The number of carbonyl (C=O) groups excluding carboxylic acids is 1. The van der Waals surface area contributed by atoms with Crippen molar-refractivity contribution >= 4 is 18.8 Å².